The lowest BCUT2D eigenvalue weighted by molar-refractivity contribution is -0.135. The Labute approximate surface area is 152 Å². The fraction of sp³-hybridized carbons (Fsp3) is 0.895. The van der Waals surface area contributed by atoms with Crippen LogP contribution in [-0.4, -0.2) is 66.4 Å². The zero-order chi connectivity index (χ0) is 18.4. The minimum Gasteiger partial charge on any atom is -0.352 e. The van der Waals surface area contributed by atoms with E-state index in [0.717, 1.165) is 38.3 Å². The molecule has 0 radical (unpaired) electrons. The standard InChI is InChI=1S/C19H36N4O2/c1-4-15(3)18(20)19(25)23-11-9-22(10-12-23)13-17(24)21-16-7-5-14(2)6-8-16/h14-16,18H,4-13,20H2,1-3H3,(H,21,24). The molecular weight excluding hydrogens is 316 g/mol. The number of hydrogen-bond acceptors (Lipinski definition) is 4. The first-order chi connectivity index (χ1) is 11.9. The van der Waals surface area contributed by atoms with E-state index in [9.17, 15) is 9.59 Å². The maximum Gasteiger partial charge on any atom is 0.239 e. The van der Waals surface area contributed by atoms with Gasteiger partial charge in [-0.3, -0.25) is 14.5 Å². The molecule has 3 N–H and O–H groups in total. The first-order valence-electron chi connectivity index (χ1n) is 9.96. The third kappa shape index (κ3) is 5.96. The van der Waals surface area contributed by atoms with E-state index in [4.69, 9.17) is 5.73 Å². The molecule has 2 amide bonds. The van der Waals surface area contributed by atoms with E-state index in [-0.39, 0.29) is 17.7 Å². The number of nitrogens with zero attached hydrogens (tertiary/aromatic N) is 2. The van der Waals surface area contributed by atoms with Crippen LogP contribution in [-0.2, 0) is 9.59 Å². The van der Waals surface area contributed by atoms with Crippen molar-refractivity contribution in [3.63, 3.8) is 0 Å². The van der Waals surface area contributed by atoms with Gasteiger partial charge in [0.1, 0.15) is 0 Å². The summed E-state index contributed by atoms with van der Waals surface area (Å²) in [5.41, 5.74) is 6.06. The van der Waals surface area contributed by atoms with Gasteiger partial charge in [0.05, 0.1) is 12.6 Å². The van der Waals surface area contributed by atoms with Crippen LogP contribution in [0.25, 0.3) is 0 Å². The Hall–Kier alpha value is -1.14. The molecule has 0 aromatic heterocycles. The number of hydrogen-bond donors (Lipinski definition) is 2. The van der Waals surface area contributed by atoms with Gasteiger partial charge in [-0.2, -0.15) is 0 Å². The normalized spacial score (nSPS) is 27.6. The molecule has 0 aromatic rings. The van der Waals surface area contributed by atoms with Gasteiger partial charge in [0.25, 0.3) is 0 Å². The van der Waals surface area contributed by atoms with Gasteiger partial charge in [0, 0.05) is 32.2 Å². The molecule has 1 saturated carbocycles. The summed E-state index contributed by atoms with van der Waals surface area (Å²) in [6.45, 7) is 9.62. The zero-order valence-corrected chi connectivity index (χ0v) is 16.2. The second-order valence-electron chi connectivity index (χ2n) is 8.04. The Kier molecular flexibility index (Phi) is 7.69. The molecule has 2 aliphatic rings. The molecule has 2 fully saturated rings. The molecule has 0 bridgehead atoms. The van der Waals surface area contributed by atoms with E-state index in [0.29, 0.717) is 25.7 Å². The molecule has 1 aliphatic heterocycles. The molecule has 2 unspecified atom stereocenters. The van der Waals surface area contributed by atoms with Crippen molar-refractivity contribution in [2.45, 2.75) is 65.0 Å². The number of nitrogens with one attached hydrogen (secondary N) is 1. The lowest BCUT2D eigenvalue weighted by Crippen LogP contribution is -2.56. The Balaban J connectivity index is 1.69. The summed E-state index contributed by atoms with van der Waals surface area (Å²) >= 11 is 0. The van der Waals surface area contributed by atoms with Crippen LogP contribution in [0.4, 0.5) is 0 Å². The van der Waals surface area contributed by atoms with Crippen molar-refractivity contribution in [1.29, 1.82) is 0 Å². The summed E-state index contributed by atoms with van der Waals surface area (Å²) in [6.07, 6.45) is 5.53. The van der Waals surface area contributed by atoms with E-state index in [2.05, 4.69) is 24.1 Å². The average molecular weight is 353 g/mol. The highest BCUT2D eigenvalue weighted by molar-refractivity contribution is 5.82. The van der Waals surface area contributed by atoms with Gasteiger partial charge in [-0.15, -0.1) is 0 Å². The van der Waals surface area contributed by atoms with Crippen LogP contribution in [0, 0.1) is 11.8 Å². The fourth-order valence-electron chi connectivity index (χ4n) is 3.72. The predicted molar refractivity (Wildman–Crippen MR) is 100 cm³/mol. The Bertz CT molecular complexity index is 441. The van der Waals surface area contributed by atoms with Crippen molar-refractivity contribution in [2.24, 2.45) is 17.6 Å². The van der Waals surface area contributed by atoms with Crippen molar-refractivity contribution in [2.75, 3.05) is 32.7 Å². The van der Waals surface area contributed by atoms with Crippen LogP contribution in [0.5, 0.6) is 0 Å². The number of rotatable bonds is 6. The average Bonchev–Trinajstić information content (AvgIpc) is 2.62. The summed E-state index contributed by atoms with van der Waals surface area (Å²) in [6, 6.07) is -0.0614. The molecule has 2 rings (SSSR count). The Morgan fingerprint density at radius 2 is 1.72 bits per heavy atom. The fourth-order valence-corrected chi connectivity index (χ4v) is 3.72. The molecular formula is C19H36N4O2. The Morgan fingerprint density at radius 3 is 2.28 bits per heavy atom. The number of piperazine rings is 1. The highest BCUT2D eigenvalue weighted by atomic mass is 16.2. The van der Waals surface area contributed by atoms with Gasteiger partial charge in [-0.1, -0.05) is 27.2 Å². The van der Waals surface area contributed by atoms with Crippen molar-refractivity contribution in [1.82, 2.24) is 15.1 Å². The SMILES string of the molecule is CCC(C)C(N)C(=O)N1CCN(CC(=O)NC2CCC(C)CC2)CC1. The molecule has 1 saturated heterocycles. The molecule has 6 heteroatoms. The monoisotopic (exact) mass is 352 g/mol. The van der Waals surface area contributed by atoms with Crippen LogP contribution in [0.3, 0.4) is 0 Å². The Morgan fingerprint density at radius 1 is 1.12 bits per heavy atom. The minimum absolute atomic E-state index is 0.0507. The van der Waals surface area contributed by atoms with Gasteiger partial charge < -0.3 is 16.0 Å². The number of nitrogens with two attached hydrogens (primary N) is 1. The first kappa shape index (κ1) is 20.2. The molecule has 1 aliphatic carbocycles. The van der Waals surface area contributed by atoms with E-state index in [1.54, 1.807) is 0 Å². The second-order valence-corrected chi connectivity index (χ2v) is 8.04. The van der Waals surface area contributed by atoms with E-state index >= 15 is 0 Å². The molecule has 0 aromatic carbocycles. The third-order valence-corrected chi connectivity index (χ3v) is 5.97. The maximum atomic E-state index is 12.4. The van der Waals surface area contributed by atoms with Crippen LogP contribution >= 0.6 is 0 Å². The van der Waals surface area contributed by atoms with E-state index in [1.807, 2.05) is 11.8 Å². The molecule has 144 valence electrons. The molecule has 0 spiro atoms. The van der Waals surface area contributed by atoms with E-state index < -0.39 is 6.04 Å². The topological polar surface area (TPSA) is 78.7 Å². The molecule has 2 atom stereocenters. The molecule has 6 nitrogen and oxygen atoms in total. The van der Waals surface area contributed by atoms with Crippen LogP contribution < -0.4 is 11.1 Å². The van der Waals surface area contributed by atoms with Gasteiger partial charge >= 0.3 is 0 Å². The van der Waals surface area contributed by atoms with Crippen LogP contribution in [0.2, 0.25) is 0 Å². The third-order valence-electron chi connectivity index (χ3n) is 5.97. The molecule has 25 heavy (non-hydrogen) atoms. The second kappa shape index (κ2) is 9.53. The lowest BCUT2D eigenvalue weighted by atomic mass is 9.87. The summed E-state index contributed by atoms with van der Waals surface area (Å²) < 4.78 is 0. The van der Waals surface area contributed by atoms with E-state index in [1.165, 1.54) is 12.8 Å². The van der Waals surface area contributed by atoms with Crippen molar-refractivity contribution in [3.05, 3.63) is 0 Å². The largest absolute Gasteiger partial charge is 0.352 e. The van der Waals surface area contributed by atoms with Gasteiger partial charge in [0.15, 0.2) is 0 Å². The predicted octanol–water partition coefficient (Wildman–Crippen LogP) is 1.20. The van der Waals surface area contributed by atoms with Crippen molar-refractivity contribution >= 4 is 11.8 Å². The zero-order valence-electron chi connectivity index (χ0n) is 16.2. The van der Waals surface area contributed by atoms with Crippen molar-refractivity contribution in [3.8, 4) is 0 Å². The first-order valence-corrected chi connectivity index (χ1v) is 9.96. The lowest BCUT2D eigenvalue weighted by Gasteiger charge is -2.36. The smallest absolute Gasteiger partial charge is 0.239 e. The summed E-state index contributed by atoms with van der Waals surface area (Å²) in [7, 11) is 0. The number of carbonyl (C=O) groups is 2. The van der Waals surface area contributed by atoms with Gasteiger partial charge in [0.2, 0.25) is 11.8 Å². The van der Waals surface area contributed by atoms with Gasteiger partial charge in [-0.25, -0.2) is 0 Å². The summed E-state index contributed by atoms with van der Waals surface area (Å²) in [4.78, 5) is 28.7. The summed E-state index contributed by atoms with van der Waals surface area (Å²) in [5.74, 6) is 1.17. The van der Waals surface area contributed by atoms with Crippen LogP contribution in [0.1, 0.15) is 52.9 Å². The van der Waals surface area contributed by atoms with Gasteiger partial charge in [-0.05, 0) is 37.5 Å². The summed E-state index contributed by atoms with van der Waals surface area (Å²) in [5, 5.41) is 3.18. The van der Waals surface area contributed by atoms with Crippen molar-refractivity contribution < 1.29 is 9.59 Å². The number of amides is 2. The minimum atomic E-state index is -0.409. The maximum absolute atomic E-state index is 12.4. The number of carbonyl (C=O) groups excluding carboxylic acids is 2. The highest BCUT2D eigenvalue weighted by Crippen LogP contribution is 2.23. The van der Waals surface area contributed by atoms with Crippen LogP contribution in [0.15, 0.2) is 0 Å². The molecule has 1 heterocycles. The highest BCUT2D eigenvalue weighted by Gasteiger charge is 2.28. The quantitative estimate of drug-likeness (QED) is 0.753.